The van der Waals surface area contributed by atoms with E-state index >= 15 is 0 Å². The van der Waals surface area contributed by atoms with Gasteiger partial charge in [0.05, 0.1) is 0 Å². The van der Waals surface area contributed by atoms with Crippen LogP contribution in [0.25, 0.3) is 0 Å². The number of hydrogen-bond donors (Lipinski definition) is 2. The van der Waals surface area contributed by atoms with Crippen molar-refractivity contribution in [3.8, 4) is 0 Å². The Kier molecular flexibility index (Phi) is 4.74. The zero-order valence-electron chi connectivity index (χ0n) is 12.5. The molecule has 0 heterocycles. The van der Waals surface area contributed by atoms with E-state index in [0.717, 1.165) is 12.3 Å². The van der Waals surface area contributed by atoms with Gasteiger partial charge in [0.1, 0.15) is 0 Å². The monoisotopic (exact) mass is 272 g/mol. The Morgan fingerprint density at radius 2 is 1.90 bits per heavy atom. The number of benzene rings is 1. The number of fused-ring (bicyclic) bond motifs is 1. The molecule has 1 atom stereocenters. The molecule has 0 aliphatic heterocycles. The van der Waals surface area contributed by atoms with Crippen molar-refractivity contribution in [3.63, 3.8) is 0 Å². The molecule has 1 saturated carbocycles. The van der Waals surface area contributed by atoms with E-state index in [1.807, 2.05) is 0 Å². The van der Waals surface area contributed by atoms with Crippen LogP contribution in [0.3, 0.4) is 0 Å². The minimum Gasteiger partial charge on any atom is -0.271 e. The van der Waals surface area contributed by atoms with Crippen LogP contribution in [0.4, 0.5) is 0 Å². The van der Waals surface area contributed by atoms with Gasteiger partial charge in [0.25, 0.3) is 0 Å². The van der Waals surface area contributed by atoms with Crippen molar-refractivity contribution < 1.29 is 0 Å². The van der Waals surface area contributed by atoms with E-state index in [9.17, 15) is 0 Å². The maximum atomic E-state index is 5.77. The second-order valence-corrected chi connectivity index (χ2v) is 6.75. The largest absolute Gasteiger partial charge is 0.271 e. The summed E-state index contributed by atoms with van der Waals surface area (Å²) in [6.45, 7) is 0. The summed E-state index contributed by atoms with van der Waals surface area (Å²) in [7, 11) is 0. The second kappa shape index (κ2) is 6.73. The molecule has 0 bridgehead atoms. The molecule has 0 radical (unpaired) electrons. The lowest BCUT2D eigenvalue weighted by atomic mass is 9.94. The van der Waals surface area contributed by atoms with Crippen molar-refractivity contribution in [2.45, 2.75) is 70.3 Å². The molecule has 2 heteroatoms. The van der Waals surface area contributed by atoms with Gasteiger partial charge in [-0.1, -0.05) is 43.9 Å². The van der Waals surface area contributed by atoms with Crippen LogP contribution in [0, 0.1) is 5.92 Å². The summed E-state index contributed by atoms with van der Waals surface area (Å²) in [5, 5.41) is 0. The predicted octanol–water partition coefficient (Wildman–Crippen LogP) is 3.52. The zero-order valence-corrected chi connectivity index (χ0v) is 12.5. The maximum absolute atomic E-state index is 5.77. The van der Waals surface area contributed by atoms with E-state index in [1.54, 1.807) is 11.1 Å². The van der Waals surface area contributed by atoms with Crippen molar-refractivity contribution in [1.82, 2.24) is 5.43 Å². The van der Waals surface area contributed by atoms with Crippen LogP contribution < -0.4 is 11.3 Å². The van der Waals surface area contributed by atoms with E-state index in [1.165, 1.54) is 63.4 Å². The van der Waals surface area contributed by atoms with Gasteiger partial charge < -0.3 is 0 Å². The van der Waals surface area contributed by atoms with Crippen molar-refractivity contribution in [3.05, 3.63) is 34.9 Å². The lowest BCUT2D eigenvalue weighted by Crippen LogP contribution is -2.37. The fourth-order valence-electron chi connectivity index (χ4n) is 4.02. The molecule has 1 fully saturated rings. The predicted molar refractivity (Wildman–Crippen MR) is 84.5 cm³/mol. The third-order valence-electron chi connectivity index (χ3n) is 5.28. The van der Waals surface area contributed by atoms with Crippen LogP contribution in [0.5, 0.6) is 0 Å². The van der Waals surface area contributed by atoms with Crippen LogP contribution in [0.2, 0.25) is 0 Å². The summed E-state index contributed by atoms with van der Waals surface area (Å²) >= 11 is 0. The highest BCUT2D eigenvalue weighted by molar-refractivity contribution is 5.35. The Hall–Kier alpha value is -0.860. The highest BCUT2D eigenvalue weighted by Crippen LogP contribution is 2.29. The molecular weight excluding hydrogens is 244 g/mol. The third kappa shape index (κ3) is 3.42. The van der Waals surface area contributed by atoms with E-state index < -0.39 is 0 Å². The normalized spacial score (nSPS) is 20.2. The Morgan fingerprint density at radius 3 is 2.70 bits per heavy atom. The number of aryl methyl sites for hydroxylation is 2. The molecule has 1 unspecified atom stereocenters. The highest BCUT2D eigenvalue weighted by atomic mass is 15.2. The molecule has 1 aromatic rings. The van der Waals surface area contributed by atoms with Crippen molar-refractivity contribution in [2.75, 3.05) is 0 Å². The highest BCUT2D eigenvalue weighted by Gasteiger charge is 2.18. The molecule has 0 amide bonds. The Labute approximate surface area is 123 Å². The molecule has 110 valence electrons. The average Bonchev–Trinajstić information content (AvgIpc) is 3.13. The minimum absolute atomic E-state index is 0.440. The second-order valence-electron chi connectivity index (χ2n) is 6.75. The fourth-order valence-corrected chi connectivity index (χ4v) is 4.02. The molecule has 2 aliphatic rings. The van der Waals surface area contributed by atoms with Crippen LogP contribution in [0.1, 0.15) is 61.6 Å². The van der Waals surface area contributed by atoms with Gasteiger partial charge in [0, 0.05) is 6.04 Å². The van der Waals surface area contributed by atoms with Gasteiger partial charge in [-0.3, -0.25) is 11.3 Å². The van der Waals surface area contributed by atoms with E-state index in [2.05, 4.69) is 23.6 Å². The summed E-state index contributed by atoms with van der Waals surface area (Å²) in [6, 6.07) is 7.50. The van der Waals surface area contributed by atoms with E-state index in [4.69, 9.17) is 5.84 Å². The molecule has 1 aromatic carbocycles. The first-order valence-electron chi connectivity index (χ1n) is 8.42. The van der Waals surface area contributed by atoms with Crippen LogP contribution in [0.15, 0.2) is 18.2 Å². The smallest absolute Gasteiger partial charge is 0.0251 e. The zero-order chi connectivity index (χ0) is 13.8. The van der Waals surface area contributed by atoms with Gasteiger partial charge in [-0.15, -0.1) is 0 Å². The molecule has 3 rings (SSSR count). The summed E-state index contributed by atoms with van der Waals surface area (Å²) in [5.41, 5.74) is 7.65. The van der Waals surface area contributed by atoms with Gasteiger partial charge in [-0.25, -0.2) is 0 Å². The molecule has 3 N–H and O–H groups in total. The first-order chi connectivity index (χ1) is 9.85. The lowest BCUT2D eigenvalue weighted by Gasteiger charge is -2.18. The minimum atomic E-state index is 0.440. The van der Waals surface area contributed by atoms with Crippen molar-refractivity contribution in [2.24, 2.45) is 11.8 Å². The SMILES string of the molecule is NNC(CCC1CCCC1)Cc1ccc2c(c1)CCC2. The van der Waals surface area contributed by atoms with Crippen molar-refractivity contribution >= 4 is 0 Å². The Balaban J connectivity index is 1.54. The van der Waals surface area contributed by atoms with Gasteiger partial charge >= 0.3 is 0 Å². The van der Waals surface area contributed by atoms with Gasteiger partial charge in [0.2, 0.25) is 0 Å². The molecule has 20 heavy (non-hydrogen) atoms. The first kappa shape index (κ1) is 14.1. The summed E-state index contributed by atoms with van der Waals surface area (Å²) in [6.07, 6.45) is 13.3. The van der Waals surface area contributed by atoms with Crippen LogP contribution in [-0.2, 0) is 19.3 Å². The number of nitrogens with two attached hydrogens (primary N) is 1. The average molecular weight is 272 g/mol. The van der Waals surface area contributed by atoms with Gasteiger partial charge in [-0.2, -0.15) is 0 Å². The standard InChI is InChI=1S/C18H28N2/c19-20-18(11-9-14-4-1-2-5-14)13-15-8-10-16-6-3-7-17(16)12-15/h8,10,12,14,18,20H,1-7,9,11,13,19H2. The fraction of sp³-hybridized carbons (Fsp3) is 0.667. The van der Waals surface area contributed by atoms with Gasteiger partial charge in [-0.05, 0) is 61.1 Å². The Bertz CT molecular complexity index is 435. The van der Waals surface area contributed by atoms with Crippen LogP contribution >= 0.6 is 0 Å². The topological polar surface area (TPSA) is 38.0 Å². The lowest BCUT2D eigenvalue weighted by molar-refractivity contribution is 0.407. The number of nitrogens with one attached hydrogen (secondary N) is 1. The summed E-state index contributed by atoms with van der Waals surface area (Å²) in [5.74, 6) is 6.73. The molecule has 0 saturated heterocycles. The van der Waals surface area contributed by atoms with E-state index in [-0.39, 0.29) is 0 Å². The molecular formula is C18H28N2. The van der Waals surface area contributed by atoms with Crippen LogP contribution in [-0.4, -0.2) is 6.04 Å². The van der Waals surface area contributed by atoms with Gasteiger partial charge in [0.15, 0.2) is 0 Å². The third-order valence-corrected chi connectivity index (χ3v) is 5.28. The number of rotatable bonds is 6. The maximum Gasteiger partial charge on any atom is 0.0251 e. The molecule has 2 aliphatic carbocycles. The molecule has 0 aromatic heterocycles. The van der Waals surface area contributed by atoms with Crippen molar-refractivity contribution in [1.29, 1.82) is 0 Å². The summed E-state index contributed by atoms with van der Waals surface area (Å²) < 4.78 is 0. The molecule has 2 nitrogen and oxygen atoms in total. The Morgan fingerprint density at radius 1 is 1.10 bits per heavy atom. The quantitative estimate of drug-likeness (QED) is 0.614. The summed E-state index contributed by atoms with van der Waals surface area (Å²) in [4.78, 5) is 0. The number of hydrogen-bond acceptors (Lipinski definition) is 2. The van der Waals surface area contributed by atoms with E-state index in [0.29, 0.717) is 6.04 Å². The number of hydrazine groups is 1. The first-order valence-corrected chi connectivity index (χ1v) is 8.42. The molecule has 0 spiro atoms.